The molecule has 1 aromatic heterocycles. The smallest absolute Gasteiger partial charge is 0.263 e. The van der Waals surface area contributed by atoms with Gasteiger partial charge in [-0.05, 0) is 44.5 Å². The number of ether oxygens (including phenoxy) is 1. The number of aryl methyl sites for hydroxylation is 2. The van der Waals surface area contributed by atoms with Crippen LogP contribution in [0.25, 0.3) is 0 Å². The maximum absolute atomic E-state index is 12.2. The number of nitrogens with zero attached hydrogens (tertiary/aromatic N) is 1. The van der Waals surface area contributed by atoms with E-state index >= 15 is 0 Å². The van der Waals surface area contributed by atoms with E-state index in [1.54, 1.807) is 25.1 Å². The third-order valence-electron chi connectivity index (χ3n) is 2.70. The van der Waals surface area contributed by atoms with Crippen molar-refractivity contribution in [2.75, 3.05) is 11.3 Å². The first-order chi connectivity index (χ1) is 9.42. The quantitative estimate of drug-likeness (QED) is 0.886. The molecule has 0 aliphatic heterocycles. The molecule has 0 aliphatic rings. The first-order valence-corrected chi connectivity index (χ1v) is 7.69. The van der Waals surface area contributed by atoms with Gasteiger partial charge in [0.15, 0.2) is 5.82 Å². The number of hydrogen-bond acceptors (Lipinski definition) is 4. The molecular formula is C13H17N3O3S. The van der Waals surface area contributed by atoms with Gasteiger partial charge >= 0.3 is 0 Å². The van der Waals surface area contributed by atoms with Gasteiger partial charge in [-0.1, -0.05) is 0 Å². The number of anilines is 1. The Morgan fingerprint density at radius 3 is 2.60 bits per heavy atom. The van der Waals surface area contributed by atoms with Gasteiger partial charge in [0.05, 0.1) is 11.5 Å². The highest BCUT2D eigenvalue weighted by atomic mass is 32.2. The lowest BCUT2D eigenvalue weighted by Gasteiger charge is -2.10. The standard InChI is InChI=1S/C13H17N3O3S/c1-4-19-12-6-5-11(7-9(12)2)20(17,18)16-13-8-10(3)14-15-13/h5-8H,4H2,1-3H3,(H2,14,15,16). The average Bonchev–Trinajstić information content (AvgIpc) is 2.76. The van der Waals surface area contributed by atoms with Crippen LogP contribution in [0.1, 0.15) is 18.2 Å². The zero-order chi connectivity index (χ0) is 14.8. The Kier molecular flexibility index (Phi) is 3.99. The van der Waals surface area contributed by atoms with Crippen molar-refractivity contribution >= 4 is 15.8 Å². The lowest BCUT2D eigenvalue weighted by molar-refractivity contribution is 0.337. The lowest BCUT2D eigenvalue weighted by Crippen LogP contribution is -2.13. The molecule has 0 saturated heterocycles. The lowest BCUT2D eigenvalue weighted by atomic mass is 10.2. The average molecular weight is 295 g/mol. The number of aromatic amines is 1. The summed E-state index contributed by atoms with van der Waals surface area (Å²) in [6.45, 7) is 6.03. The summed E-state index contributed by atoms with van der Waals surface area (Å²) in [6, 6.07) is 6.37. The summed E-state index contributed by atoms with van der Waals surface area (Å²) in [5, 5.41) is 6.54. The van der Waals surface area contributed by atoms with Gasteiger partial charge in [-0.15, -0.1) is 0 Å². The minimum absolute atomic E-state index is 0.180. The van der Waals surface area contributed by atoms with Gasteiger partial charge in [0.2, 0.25) is 0 Å². The van der Waals surface area contributed by atoms with Crippen molar-refractivity contribution in [3.8, 4) is 5.75 Å². The maximum atomic E-state index is 12.2. The molecule has 1 heterocycles. The monoisotopic (exact) mass is 295 g/mol. The molecule has 1 aromatic carbocycles. The second kappa shape index (κ2) is 5.54. The van der Waals surface area contributed by atoms with Gasteiger partial charge < -0.3 is 4.74 Å². The van der Waals surface area contributed by atoms with Crippen LogP contribution in [0, 0.1) is 13.8 Å². The highest BCUT2D eigenvalue weighted by Crippen LogP contribution is 2.23. The Balaban J connectivity index is 2.27. The summed E-state index contributed by atoms with van der Waals surface area (Å²) in [5.41, 5.74) is 1.55. The third kappa shape index (κ3) is 3.11. The van der Waals surface area contributed by atoms with Crippen molar-refractivity contribution < 1.29 is 13.2 Å². The number of aromatic nitrogens is 2. The second-order valence-electron chi connectivity index (χ2n) is 4.40. The topological polar surface area (TPSA) is 84.1 Å². The van der Waals surface area contributed by atoms with Crippen LogP contribution < -0.4 is 9.46 Å². The molecular weight excluding hydrogens is 278 g/mol. The van der Waals surface area contributed by atoms with Gasteiger partial charge in [0.1, 0.15) is 5.75 Å². The van der Waals surface area contributed by atoms with Crippen molar-refractivity contribution in [2.45, 2.75) is 25.7 Å². The SMILES string of the molecule is CCOc1ccc(S(=O)(=O)Nc2cc(C)[nH]n2)cc1C. The number of rotatable bonds is 5. The van der Waals surface area contributed by atoms with Crippen LogP contribution in [0.2, 0.25) is 0 Å². The second-order valence-corrected chi connectivity index (χ2v) is 6.08. The van der Waals surface area contributed by atoms with E-state index in [0.29, 0.717) is 12.4 Å². The summed E-state index contributed by atoms with van der Waals surface area (Å²) in [5.74, 6) is 0.955. The van der Waals surface area contributed by atoms with Gasteiger partial charge in [0, 0.05) is 11.8 Å². The number of nitrogens with one attached hydrogen (secondary N) is 2. The van der Waals surface area contributed by atoms with Gasteiger partial charge in [-0.25, -0.2) is 8.42 Å². The molecule has 0 amide bonds. The fourth-order valence-corrected chi connectivity index (χ4v) is 2.85. The van der Waals surface area contributed by atoms with E-state index in [2.05, 4.69) is 14.9 Å². The molecule has 0 unspecified atom stereocenters. The number of sulfonamides is 1. The molecule has 2 aromatic rings. The zero-order valence-electron chi connectivity index (χ0n) is 11.6. The van der Waals surface area contributed by atoms with Crippen LogP contribution in [-0.2, 0) is 10.0 Å². The minimum atomic E-state index is -3.64. The van der Waals surface area contributed by atoms with Gasteiger partial charge in [-0.3, -0.25) is 9.82 Å². The van der Waals surface area contributed by atoms with E-state index in [1.807, 2.05) is 13.8 Å². The molecule has 20 heavy (non-hydrogen) atoms. The Bertz CT molecular complexity index is 707. The van der Waals surface area contributed by atoms with E-state index in [9.17, 15) is 8.42 Å². The molecule has 0 bridgehead atoms. The van der Waals surface area contributed by atoms with E-state index in [-0.39, 0.29) is 10.7 Å². The number of hydrogen-bond donors (Lipinski definition) is 2. The largest absolute Gasteiger partial charge is 0.494 e. The Morgan fingerprint density at radius 1 is 1.30 bits per heavy atom. The zero-order valence-corrected chi connectivity index (χ0v) is 12.4. The fourth-order valence-electron chi connectivity index (χ4n) is 1.77. The molecule has 2 N–H and O–H groups in total. The van der Waals surface area contributed by atoms with Crippen LogP contribution in [0.3, 0.4) is 0 Å². The van der Waals surface area contributed by atoms with Gasteiger partial charge in [0.25, 0.3) is 10.0 Å². The van der Waals surface area contributed by atoms with Crippen LogP contribution in [0.15, 0.2) is 29.2 Å². The molecule has 0 fully saturated rings. The molecule has 0 aliphatic carbocycles. The minimum Gasteiger partial charge on any atom is -0.494 e. The van der Waals surface area contributed by atoms with Crippen molar-refractivity contribution in [3.05, 3.63) is 35.5 Å². The number of H-pyrrole nitrogens is 1. The molecule has 2 rings (SSSR count). The predicted molar refractivity (Wildman–Crippen MR) is 76.5 cm³/mol. The van der Waals surface area contributed by atoms with E-state index in [1.165, 1.54) is 6.07 Å². The first kappa shape index (κ1) is 14.4. The highest BCUT2D eigenvalue weighted by Gasteiger charge is 2.16. The summed E-state index contributed by atoms with van der Waals surface area (Å²) < 4.78 is 32.3. The summed E-state index contributed by atoms with van der Waals surface area (Å²) >= 11 is 0. The van der Waals surface area contributed by atoms with E-state index in [4.69, 9.17) is 4.74 Å². The first-order valence-electron chi connectivity index (χ1n) is 6.20. The van der Waals surface area contributed by atoms with Crippen LogP contribution in [0.4, 0.5) is 5.82 Å². The fraction of sp³-hybridized carbons (Fsp3) is 0.308. The molecule has 6 nitrogen and oxygen atoms in total. The third-order valence-corrected chi connectivity index (χ3v) is 4.05. The molecule has 0 radical (unpaired) electrons. The Labute approximate surface area is 118 Å². The Hall–Kier alpha value is -2.02. The van der Waals surface area contributed by atoms with Crippen molar-refractivity contribution in [2.24, 2.45) is 0 Å². The van der Waals surface area contributed by atoms with E-state index in [0.717, 1.165) is 11.3 Å². The van der Waals surface area contributed by atoms with Crippen molar-refractivity contribution in [1.29, 1.82) is 0 Å². The molecule has 0 atom stereocenters. The summed E-state index contributed by atoms with van der Waals surface area (Å²) in [6.07, 6.45) is 0. The maximum Gasteiger partial charge on any atom is 0.263 e. The summed E-state index contributed by atoms with van der Waals surface area (Å²) in [7, 11) is -3.64. The predicted octanol–water partition coefficient (Wildman–Crippen LogP) is 2.23. The summed E-state index contributed by atoms with van der Waals surface area (Å²) in [4.78, 5) is 0.180. The molecule has 0 saturated carbocycles. The van der Waals surface area contributed by atoms with Crippen LogP contribution in [-0.4, -0.2) is 25.2 Å². The van der Waals surface area contributed by atoms with Gasteiger partial charge in [-0.2, -0.15) is 5.10 Å². The van der Waals surface area contributed by atoms with Crippen LogP contribution >= 0.6 is 0 Å². The van der Waals surface area contributed by atoms with Crippen LogP contribution in [0.5, 0.6) is 5.75 Å². The van der Waals surface area contributed by atoms with Crippen molar-refractivity contribution in [1.82, 2.24) is 10.2 Å². The Morgan fingerprint density at radius 2 is 2.05 bits per heavy atom. The number of benzene rings is 1. The molecule has 7 heteroatoms. The normalized spacial score (nSPS) is 11.3. The van der Waals surface area contributed by atoms with Crippen molar-refractivity contribution in [3.63, 3.8) is 0 Å². The highest BCUT2D eigenvalue weighted by molar-refractivity contribution is 7.92. The van der Waals surface area contributed by atoms with E-state index < -0.39 is 10.0 Å². The molecule has 0 spiro atoms. The molecule has 108 valence electrons.